The summed E-state index contributed by atoms with van der Waals surface area (Å²) in [6.07, 6.45) is 2.11. The lowest BCUT2D eigenvalue weighted by molar-refractivity contribution is -0.119. The van der Waals surface area contributed by atoms with Crippen LogP contribution in [0.3, 0.4) is 0 Å². The number of carbonyl (C=O) groups excluding carboxylic acids is 1. The number of aryl methyl sites for hydroxylation is 2. The normalized spacial score (nSPS) is 16.9. The molecule has 1 aliphatic heterocycles. The Hall–Kier alpha value is -2.24. The number of anilines is 1. The molecule has 1 saturated heterocycles. The van der Waals surface area contributed by atoms with E-state index in [0.29, 0.717) is 29.9 Å². The summed E-state index contributed by atoms with van der Waals surface area (Å²) in [5.41, 5.74) is 2.65. The summed E-state index contributed by atoms with van der Waals surface area (Å²) in [5.74, 6) is 0.559. The third-order valence-electron chi connectivity index (χ3n) is 5.06. The van der Waals surface area contributed by atoms with E-state index in [9.17, 15) is 13.2 Å². The lowest BCUT2D eigenvalue weighted by atomic mass is 10.1. The number of nitrogens with zero attached hydrogens (tertiary/aromatic N) is 3. The first-order valence-corrected chi connectivity index (χ1v) is 12.0. The number of aromatic nitrogens is 2. The molecule has 0 radical (unpaired) electrons. The third kappa shape index (κ3) is 5.34. The van der Waals surface area contributed by atoms with Crippen molar-refractivity contribution < 1.29 is 17.9 Å². The van der Waals surface area contributed by atoms with Crippen LogP contribution in [-0.4, -0.2) is 54.8 Å². The highest BCUT2D eigenvalue weighted by Crippen LogP contribution is 2.30. The van der Waals surface area contributed by atoms with E-state index in [-0.39, 0.29) is 29.2 Å². The standard InChI is InChI=1S/C20H26BrN5O4S/c1-12-7-13(2)24-20(30-4)17(12)10-23-19-18(8-15(21)9-22-19)31(28,29)26-6-5-16(11-26)25-14(3)27/h7-9,16H,5-6,10-11H2,1-4H3,(H,22,23)(H,25,27). The van der Waals surface area contributed by atoms with Gasteiger partial charge in [-0.3, -0.25) is 4.79 Å². The van der Waals surface area contributed by atoms with E-state index in [1.165, 1.54) is 17.3 Å². The van der Waals surface area contributed by atoms with E-state index < -0.39 is 10.0 Å². The van der Waals surface area contributed by atoms with Gasteiger partial charge in [0.25, 0.3) is 0 Å². The van der Waals surface area contributed by atoms with Gasteiger partial charge in [-0.05, 0) is 53.9 Å². The summed E-state index contributed by atoms with van der Waals surface area (Å²) in [6.45, 7) is 6.11. The smallest absolute Gasteiger partial charge is 0.246 e. The highest BCUT2D eigenvalue weighted by atomic mass is 79.9. The summed E-state index contributed by atoms with van der Waals surface area (Å²) in [4.78, 5) is 20.1. The Labute approximate surface area is 190 Å². The van der Waals surface area contributed by atoms with Crippen molar-refractivity contribution in [2.75, 3.05) is 25.5 Å². The van der Waals surface area contributed by atoms with Crippen molar-refractivity contribution in [3.8, 4) is 5.88 Å². The molecule has 31 heavy (non-hydrogen) atoms. The molecule has 9 nitrogen and oxygen atoms in total. The summed E-state index contributed by atoms with van der Waals surface area (Å²) in [5, 5.41) is 5.92. The molecule has 3 heterocycles. The van der Waals surface area contributed by atoms with E-state index >= 15 is 0 Å². The fourth-order valence-electron chi connectivity index (χ4n) is 3.63. The zero-order valence-electron chi connectivity index (χ0n) is 17.9. The van der Waals surface area contributed by atoms with Gasteiger partial charge in [-0.2, -0.15) is 4.31 Å². The van der Waals surface area contributed by atoms with Gasteiger partial charge in [0, 0.05) is 54.5 Å². The number of nitrogens with one attached hydrogen (secondary N) is 2. The van der Waals surface area contributed by atoms with Crippen molar-refractivity contribution in [2.45, 2.75) is 44.7 Å². The van der Waals surface area contributed by atoms with Gasteiger partial charge in [-0.15, -0.1) is 0 Å². The number of methoxy groups -OCH3 is 1. The molecule has 0 spiro atoms. The molecule has 2 N–H and O–H groups in total. The summed E-state index contributed by atoms with van der Waals surface area (Å²) >= 11 is 3.32. The van der Waals surface area contributed by atoms with Gasteiger partial charge in [-0.1, -0.05) is 0 Å². The number of ether oxygens (including phenoxy) is 1. The SMILES string of the molecule is COc1nc(C)cc(C)c1CNc1ncc(Br)cc1S(=O)(=O)N1CCC(NC(C)=O)C1. The Kier molecular flexibility index (Phi) is 7.17. The number of rotatable bonds is 7. The summed E-state index contributed by atoms with van der Waals surface area (Å²) in [6, 6.07) is 3.28. The number of carbonyl (C=O) groups is 1. The minimum Gasteiger partial charge on any atom is -0.481 e. The zero-order valence-corrected chi connectivity index (χ0v) is 20.3. The maximum atomic E-state index is 13.4. The molecule has 2 aromatic rings. The van der Waals surface area contributed by atoms with E-state index in [4.69, 9.17) is 4.74 Å². The minimum atomic E-state index is -3.82. The van der Waals surface area contributed by atoms with E-state index in [1.54, 1.807) is 13.3 Å². The molecule has 0 bridgehead atoms. The minimum absolute atomic E-state index is 0.0713. The monoisotopic (exact) mass is 511 g/mol. The molecular weight excluding hydrogens is 486 g/mol. The van der Waals surface area contributed by atoms with Crippen molar-refractivity contribution in [2.24, 2.45) is 0 Å². The van der Waals surface area contributed by atoms with Crippen LogP contribution in [0.5, 0.6) is 5.88 Å². The van der Waals surface area contributed by atoms with Crippen LogP contribution in [-0.2, 0) is 21.4 Å². The van der Waals surface area contributed by atoms with Gasteiger partial charge in [0.15, 0.2) is 0 Å². The molecule has 0 aliphatic carbocycles. The molecule has 1 unspecified atom stereocenters. The van der Waals surface area contributed by atoms with Crippen LogP contribution < -0.4 is 15.4 Å². The van der Waals surface area contributed by atoms with Crippen LogP contribution in [0.4, 0.5) is 5.82 Å². The van der Waals surface area contributed by atoms with E-state index in [2.05, 4.69) is 36.5 Å². The fourth-order valence-corrected chi connectivity index (χ4v) is 5.75. The molecule has 3 rings (SSSR count). The van der Waals surface area contributed by atoms with Gasteiger partial charge in [-0.25, -0.2) is 18.4 Å². The summed E-state index contributed by atoms with van der Waals surface area (Å²) in [7, 11) is -2.26. The van der Waals surface area contributed by atoms with E-state index in [0.717, 1.165) is 16.8 Å². The van der Waals surface area contributed by atoms with Gasteiger partial charge in [0.1, 0.15) is 10.7 Å². The number of amides is 1. The molecule has 1 amide bonds. The average Bonchev–Trinajstić information content (AvgIpc) is 3.16. The summed E-state index contributed by atoms with van der Waals surface area (Å²) < 4.78 is 34.0. The third-order valence-corrected chi connectivity index (χ3v) is 7.37. The molecule has 0 aromatic carbocycles. The largest absolute Gasteiger partial charge is 0.481 e. The van der Waals surface area contributed by atoms with Crippen molar-refractivity contribution in [3.05, 3.63) is 39.6 Å². The topological polar surface area (TPSA) is 114 Å². The number of halogens is 1. The molecule has 2 aromatic heterocycles. The van der Waals surface area contributed by atoms with Gasteiger partial charge in [0.05, 0.1) is 7.11 Å². The predicted molar refractivity (Wildman–Crippen MR) is 121 cm³/mol. The van der Waals surface area contributed by atoms with Crippen LogP contribution in [0.2, 0.25) is 0 Å². The highest BCUT2D eigenvalue weighted by Gasteiger charge is 2.35. The second kappa shape index (κ2) is 9.49. The molecule has 11 heteroatoms. The Morgan fingerprint density at radius 2 is 2.10 bits per heavy atom. The average molecular weight is 512 g/mol. The first kappa shape index (κ1) is 23.4. The maximum absolute atomic E-state index is 13.4. The Balaban J connectivity index is 1.87. The molecule has 1 aliphatic rings. The van der Waals surface area contributed by atoms with Crippen LogP contribution in [0, 0.1) is 13.8 Å². The lowest BCUT2D eigenvalue weighted by Gasteiger charge is -2.20. The number of hydrogen-bond acceptors (Lipinski definition) is 7. The van der Waals surface area contributed by atoms with Gasteiger partial charge < -0.3 is 15.4 Å². The second-order valence-corrected chi connectivity index (χ2v) is 10.3. The maximum Gasteiger partial charge on any atom is 0.246 e. The molecule has 168 valence electrons. The highest BCUT2D eigenvalue weighted by molar-refractivity contribution is 9.10. The van der Waals surface area contributed by atoms with Crippen molar-refractivity contribution in [3.63, 3.8) is 0 Å². The molecular formula is C20H26BrN5O4S. The molecule has 1 atom stereocenters. The van der Waals surface area contributed by atoms with Crippen LogP contribution in [0.1, 0.15) is 30.2 Å². The van der Waals surface area contributed by atoms with Gasteiger partial charge >= 0.3 is 0 Å². The number of pyridine rings is 2. The van der Waals surface area contributed by atoms with Crippen LogP contribution in [0.25, 0.3) is 0 Å². The Morgan fingerprint density at radius 1 is 1.35 bits per heavy atom. The Morgan fingerprint density at radius 3 is 2.77 bits per heavy atom. The van der Waals surface area contributed by atoms with E-state index in [1.807, 2.05) is 19.9 Å². The first-order chi connectivity index (χ1) is 14.6. The molecule has 1 fully saturated rings. The number of hydrogen-bond donors (Lipinski definition) is 2. The zero-order chi connectivity index (χ0) is 22.8. The quantitative estimate of drug-likeness (QED) is 0.586. The van der Waals surface area contributed by atoms with Crippen molar-refractivity contribution >= 4 is 37.7 Å². The van der Waals surface area contributed by atoms with Crippen LogP contribution >= 0.6 is 15.9 Å². The predicted octanol–water partition coefficient (Wildman–Crippen LogP) is 2.38. The fraction of sp³-hybridized carbons (Fsp3) is 0.450. The van der Waals surface area contributed by atoms with Gasteiger partial charge in [0.2, 0.25) is 21.8 Å². The van der Waals surface area contributed by atoms with Crippen molar-refractivity contribution in [1.29, 1.82) is 0 Å². The number of sulfonamides is 1. The Bertz CT molecular complexity index is 1090. The molecule has 0 saturated carbocycles. The van der Waals surface area contributed by atoms with Crippen molar-refractivity contribution in [1.82, 2.24) is 19.6 Å². The van der Waals surface area contributed by atoms with Crippen LogP contribution in [0.15, 0.2) is 27.7 Å². The first-order valence-electron chi connectivity index (χ1n) is 9.79. The second-order valence-electron chi connectivity index (χ2n) is 7.47. The lowest BCUT2D eigenvalue weighted by Crippen LogP contribution is -2.37.